The second-order valence-electron chi connectivity index (χ2n) is 3.77. The van der Waals surface area contributed by atoms with Crippen molar-refractivity contribution in [3.05, 3.63) is 24.3 Å². The first-order valence-corrected chi connectivity index (χ1v) is 5.11. The van der Waals surface area contributed by atoms with Crippen molar-refractivity contribution in [2.75, 3.05) is 6.54 Å². The van der Waals surface area contributed by atoms with Crippen molar-refractivity contribution in [1.29, 1.82) is 10.8 Å². The standard InChI is InChI=1S/C10H12N6O/c1-6-5-16(9(12)10(17)15-6)8(11)7-4-13-2-3-14-7/h2-4,6,11-12H,5H2,1H3,(H,15,17). The van der Waals surface area contributed by atoms with Gasteiger partial charge in [0.1, 0.15) is 5.69 Å². The molecule has 17 heavy (non-hydrogen) atoms. The SMILES string of the molecule is CC1CN(C(=N)c2cnccn2)C(=N)C(=O)N1. The summed E-state index contributed by atoms with van der Waals surface area (Å²) in [5, 5.41) is 18.2. The lowest BCUT2D eigenvalue weighted by Gasteiger charge is -2.32. The molecule has 2 rings (SSSR count). The first kappa shape index (κ1) is 11.2. The lowest BCUT2D eigenvalue weighted by atomic mass is 10.2. The van der Waals surface area contributed by atoms with Crippen LogP contribution < -0.4 is 5.32 Å². The van der Waals surface area contributed by atoms with E-state index in [1.807, 2.05) is 6.92 Å². The van der Waals surface area contributed by atoms with Gasteiger partial charge < -0.3 is 10.2 Å². The van der Waals surface area contributed by atoms with Gasteiger partial charge in [0.2, 0.25) is 0 Å². The van der Waals surface area contributed by atoms with E-state index in [4.69, 9.17) is 10.8 Å². The summed E-state index contributed by atoms with van der Waals surface area (Å²) in [6, 6.07) is -0.103. The number of amides is 1. The lowest BCUT2D eigenvalue weighted by Crippen LogP contribution is -2.58. The molecular weight excluding hydrogens is 220 g/mol. The molecule has 1 atom stereocenters. The largest absolute Gasteiger partial charge is 0.345 e. The molecule has 0 spiro atoms. The van der Waals surface area contributed by atoms with Gasteiger partial charge in [-0.1, -0.05) is 0 Å². The molecule has 0 radical (unpaired) electrons. The van der Waals surface area contributed by atoms with Crippen LogP contribution in [0.25, 0.3) is 0 Å². The molecule has 1 unspecified atom stereocenters. The molecule has 0 saturated carbocycles. The first-order chi connectivity index (χ1) is 8.09. The van der Waals surface area contributed by atoms with E-state index in [9.17, 15) is 4.79 Å². The maximum atomic E-state index is 11.4. The van der Waals surface area contributed by atoms with Crippen molar-refractivity contribution < 1.29 is 4.79 Å². The van der Waals surface area contributed by atoms with E-state index >= 15 is 0 Å². The molecule has 7 heteroatoms. The number of piperazine rings is 1. The second kappa shape index (κ2) is 4.28. The monoisotopic (exact) mass is 232 g/mol. The molecule has 1 saturated heterocycles. The van der Waals surface area contributed by atoms with Gasteiger partial charge in [0.25, 0.3) is 5.91 Å². The predicted molar refractivity (Wildman–Crippen MR) is 60.9 cm³/mol. The van der Waals surface area contributed by atoms with Crippen LogP contribution in [0.5, 0.6) is 0 Å². The van der Waals surface area contributed by atoms with E-state index < -0.39 is 5.91 Å². The molecule has 1 aromatic rings. The molecule has 1 aliphatic heterocycles. The van der Waals surface area contributed by atoms with Gasteiger partial charge in [0, 0.05) is 25.0 Å². The molecule has 1 fully saturated rings. The maximum Gasteiger partial charge on any atom is 0.287 e. The Morgan fingerprint density at radius 3 is 3.00 bits per heavy atom. The van der Waals surface area contributed by atoms with Crippen molar-refractivity contribution in [3.8, 4) is 0 Å². The summed E-state index contributed by atoms with van der Waals surface area (Å²) in [4.78, 5) is 20.6. The van der Waals surface area contributed by atoms with Crippen molar-refractivity contribution in [1.82, 2.24) is 20.2 Å². The Morgan fingerprint density at radius 1 is 1.59 bits per heavy atom. The number of amidine groups is 2. The molecule has 88 valence electrons. The van der Waals surface area contributed by atoms with Crippen LogP contribution in [0.2, 0.25) is 0 Å². The molecule has 1 aromatic heterocycles. The average molecular weight is 232 g/mol. The summed E-state index contributed by atoms with van der Waals surface area (Å²) < 4.78 is 0. The van der Waals surface area contributed by atoms with E-state index in [2.05, 4.69) is 15.3 Å². The molecule has 0 aromatic carbocycles. The number of nitrogens with zero attached hydrogens (tertiary/aromatic N) is 3. The van der Waals surface area contributed by atoms with Gasteiger partial charge in [0.05, 0.1) is 6.20 Å². The Balaban J connectivity index is 2.25. The molecule has 2 heterocycles. The zero-order valence-electron chi connectivity index (χ0n) is 9.27. The van der Waals surface area contributed by atoms with Gasteiger partial charge in [-0.05, 0) is 6.92 Å². The Labute approximate surface area is 97.9 Å². The summed E-state index contributed by atoms with van der Waals surface area (Å²) in [6.45, 7) is 2.21. The number of carbonyl (C=O) groups is 1. The highest BCUT2D eigenvalue weighted by atomic mass is 16.2. The fraction of sp³-hybridized carbons (Fsp3) is 0.300. The minimum atomic E-state index is -0.475. The zero-order valence-corrected chi connectivity index (χ0v) is 9.27. The third kappa shape index (κ3) is 2.12. The normalized spacial score (nSPS) is 20.1. The van der Waals surface area contributed by atoms with Gasteiger partial charge in [-0.2, -0.15) is 0 Å². The van der Waals surface area contributed by atoms with Crippen LogP contribution >= 0.6 is 0 Å². The topological polar surface area (TPSA) is 106 Å². The van der Waals surface area contributed by atoms with Crippen LogP contribution in [0, 0.1) is 10.8 Å². The highest BCUT2D eigenvalue weighted by molar-refractivity contribution is 6.40. The second-order valence-corrected chi connectivity index (χ2v) is 3.77. The first-order valence-electron chi connectivity index (χ1n) is 5.11. The molecule has 0 bridgehead atoms. The quantitative estimate of drug-likeness (QED) is 0.452. The molecule has 1 amide bonds. The highest BCUT2D eigenvalue weighted by Gasteiger charge is 2.30. The van der Waals surface area contributed by atoms with Gasteiger partial charge in [-0.15, -0.1) is 0 Å². The Kier molecular flexibility index (Phi) is 2.82. The number of hydrogen-bond acceptors (Lipinski definition) is 5. The number of carbonyl (C=O) groups excluding carboxylic acids is 1. The predicted octanol–water partition coefficient (Wildman–Crippen LogP) is -0.400. The number of rotatable bonds is 1. The smallest absolute Gasteiger partial charge is 0.287 e. The molecular formula is C10H12N6O. The third-order valence-electron chi connectivity index (χ3n) is 2.39. The average Bonchev–Trinajstić information content (AvgIpc) is 2.34. The van der Waals surface area contributed by atoms with Crippen molar-refractivity contribution in [2.24, 2.45) is 0 Å². The number of aromatic nitrogens is 2. The number of nitrogens with one attached hydrogen (secondary N) is 3. The Hall–Kier alpha value is -2.31. The molecule has 7 nitrogen and oxygen atoms in total. The van der Waals surface area contributed by atoms with Gasteiger partial charge in [-0.3, -0.25) is 20.6 Å². The van der Waals surface area contributed by atoms with Crippen LogP contribution in [-0.4, -0.2) is 45.0 Å². The zero-order chi connectivity index (χ0) is 12.4. The van der Waals surface area contributed by atoms with E-state index in [1.165, 1.54) is 23.5 Å². The summed E-state index contributed by atoms with van der Waals surface area (Å²) in [5.74, 6) is -0.694. The van der Waals surface area contributed by atoms with E-state index in [0.717, 1.165) is 0 Å². The summed E-state index contributed by atoms with van der Waals surface area (Å²) in [6.07, 6.45) is 4.42. The minimum Gasteiger partial charge on any atom is -0.345 e. The van der Waals surface area contributed by atoms with Crippen molar-refractivity contribution in [2.45, 2.75) is 13.0 Å². The van der Waals surface area contributed by atoms with Crippen molar-refractivity contribution in [3.63, 3.8) is 0 Å². The Bertz CT molecular complexity index is 471. The van der Waals surface area contributed by atoms with E-state index in [0.29, 0.717) is 12.2 Å². The van der Waals surface area contributed by atoms with Crippen LogP contribution in [0.3, 0.4) is 0 Å². The Morgan fingerprint density at radius 2 is 2.35 bits per heavy atom. The molecule has 1 aliphatic rings. The molecule has 0 aliphatic carbocycles. The van der Waals surface area contributed by atoms with Crippen LogP contribution in [0.15, 0.2) is 18.6 Å². The van der Waals surface area contributed by atoms with Crippen LogP contribution in [0.1, 0.15) is 12.6 Å². The maximum absolute atomic E-state index is 11.4. The summed E-state index contributed by atoms with van der Waals surface area (Å²) >= 11 is 0. The fourth-order valence-electron chi connectivity index (χ4n) is 1.59. The van der Waals surface area contributed by atoms with Crippen LogP contribution in [-0.2, 0) is 4.79 Å². The van der Waals surface area contributed by atoms with Crippen LogP contribution in [0.4, 0.5) is 0 Å². The lowest BCUT2D eigenvalue weighted by molar-refractivity contribution is -0.116. The highest BCUT2D eigenvalue weighted by Crippen LogP contribution is 2.06. The van der Waals surface area contributed by atoms with Gasteiger partial charge >= 0.3 is 0 Å². The third-order valence-corrected chi connectivity index (χ3v) is 2.39. The summed E-state index contributed by atoms with van der Waals surface area (Å²) in [7, 11) is 0. The minimum absolute atomic E-state index is 0.0183. The fourth-order valence-corrected chi connectivity index (χ4v) is 1.59. The van der Waals surface area contributed by atoms with Crippen molar-refractivity contribution >= 4 is 17.6 Å². The van der Waals surface area contributed by atoms with E-state index in [-0.39, 0.29) is 17.7 Å². The van der Waals surface area contributed by atoms with Gasteiger partial charge in [-0.25, -0.2) is 4.98 Å². The molecule has 3 N–H and O–H groups in total. The number of hydrogen-bond donors (Lipinski definition) is 3. The van der Waals surface area contributed by atoms with Gasteiger partial charge in [0.15, 0.2) is 11.7 Å². The van der Waals surface area contributed by atoms with E-state index in [1.54, 1.807) is 0 Å². The summed E-state index contributed by atoms with van der Waals surface area (Å²) in [5.41, 5.74) is 0.346.